The second-order valence-electron chi connectivity index (χ2n) is 6.01. The Balaban J connectivity index is 2.03. The van der Waals surface area contributed by atoms with E-state index in [0.29, 0.717) is 6.42 Å². The van der Waals surface area contributed by atoms with Gasteiger partial charge in [0.2, 0.25) is 0 Å². The number of ketones is 1. The predicted octanol–water partition coefficient (Wildman–Crippen LogP) is 1.75. The van der Waals surface area contributed by atoms with E-state index in [0.717, 1.165) is 12.8 Å². The van der Waals surface area contributed by atoms with Crippen molar-refractivity contribution in [1.29, 1.82) is 0 Å². The van der Waals surface area contributed by atoms with Crippen LogP contribution in [0.5, 0.6) is 0 Å². The highest BCUT2D eigenvalue weighted by Gasteiger charge is 2.50. The van der Waals surface area contributed by atoms with E-state index in [1.165, 1.54) is 6.20 Å². The van der Waals surface area contributed by atoms with Crippen LogP contribution in [0.4, 0.5) is 4.39 Å². The molecule has 19 heavy (non-hydrogen) atoms. The molecule has 3 aliphatic rings. The summed E-state index contributed by atoms with van der Waals surface area (Å²) in [4.78, 5) is 25.4. The topological polar surface area (TPSA) is 57.6 Å². The minimum Gasteiger partial charge on any atom is -0.478 e. The normalized spacial score (nSPS) is 41.6. The molecule has 1 saturated carbocycles. The molecule has 2 heterocycles. The molecule has 0 amide bonds. The van der Waals surface area contributed by atoms with Crippen molar-refractivity contribution in [3.05, 3.63) is 11.8 Å². The SMILES string of the molecule is CC1CCC2CC(F)CC3C(=O)C(C(=O)O)=CN1C23. The van der Waals surface area contributed by atoms with E-state index in [1.807, 2.05) is 11.8 Å². The average Bonchev–Trinajstić information content (AvgIpc) is 2.35. The lowest BCUT2D eigenvalue weighted by Crippen LogP contribution is -2.59. The van der Waals surface area contributed by atoms with Crippen LogP contribution in [0.2, 0.25) is 0 Å². The molecule has 0 aromatic heterocycles. The van der Waals surface area contributed by atoms with Crippen LogP contribution in [0.25, 0.3) is 0 Å². The molecule has 1 aliphatic carbocycles. The Morgan fingerprint density at radius 2 is 2.16 bits per heavy atom. The molecule has 5 atom stereocenters. The lowest BCUT2D eigenvalue weighted by Gasteiger charge is -2.53. The van der Waals surface area contributed by atoms with Crippen LogP contribution >= 0.6 is 0 Å². The summed E-state index contributed by atoms with van der Waals surface area (Å²) in [6.45, 7) is 2.04. The number of nitrogens with zero attached hydrogens (tertiary/aromatic N) is 1. The fraction of sp³-hybridized carbons (Fsp3) is 0.714. The van der Waals surface area contributed by atoms with Crippen molar-refractivity contribution in [2.75, 3.05) is 0 Å². The molecule has 2 aliphatic heterocycles. The summed E-state index contributed by atoms with van der Waals surface area (Å²) in [7, 11) is 0. The Kier molecular flexibility index (Phi) is 2.87. The van der Waals surface area contributed by atoms with E-state index in [1.54, 1.807) is 0 Å². The van der Waals surface area contributed by atoms with E-state index >= 15 is 0 Å². The van der Waals surface area contributed by atoms with Gasteiger partial charge in [-0.3, -0.25) is 4.79 Å². The number of carbonyl (C=O) groups excluding carboxylic acids is 1. The highest BCUT2D eigenvalue weighted by Crippen LogP contribution is 2.45. The molecular formula is C14H18FNO3. The van der Waals surface area contributed by atoms with E-state index in [2.05, 4.69) is 0 Å². The Morgan fingerprint density at radius 3 is 2.84 bits per heavy atom. The molecule has 3 rings (SSSR count). The number of carboxylic acid groups (broad SMARTS) is 1. The molecule has 0 aromatic rings. The van der Waals surface area contributed by atoms with Crippen molar-refractivity contribution in [3.8, 4) is 0 Å². The molecule has 104 valence electrons. The van der Waals surface area contributed by atoms with Crippen LogP contribution in [0.1, 0.15) is 32.6 Å². The molecule has 5 unspecified atom stereocenters. The molecule has 0 aromatic carbocycles. The smallest absolute Gasteiger partial charge is 0.340 e. The lowest BCUT2D eigenvalue weighted by atomic mass is 9.66. The minimum absolute atomic E-state index is 0.00588. The summed E-state index contributed by atoms with van der Waals surface area (Å²) in [5.41, 5.74) is -0.178. The van der Waals surface area contributed by atoms with E-state index < -0.39 is 18.1 Å². The summed E-state index contributed by atoms with van der Waals surface area (Å²) in [5.74, 6) is -1.87. The van der Waals surface area contributed by atoms with Gasteiger partial charge in [0, 0.05) is 24.2 Å². The number of hydrogen-bond acceptors (Lipinski definition) is 3. The van der Waals surface area contributed by atoms with Crippen LogP contribution in [-0.2, 0) is 9.59 Å². The average molecular weight is 267 g/mol. The summed E-state index contributed by atoms with van der Waals surface area (Å²) in [6, 6.07) is 0.230. The first kappa shape index (κ1) is 12.6. The predicted molar refractivity (Wildman–Crippen MR) is 66.2 cm³/mol. The van der Waals surface area contributed by atoms with Crippen molar-refractivity contribution in [3.63, 3.8) is 0 Å². The summed E-state index contributed by atoms with van der Waals surface area (Å²) < 4.78 is 13.8. The van der Waals surface area contributed by atoms with E-state index in [9.17, 15) is 14.0 Å². The molecule has 0 spiro atoms. The van der Waals surface area contributed by atoms with Gasteiger partial charge < -0.3 is 10.0 Å². The number of halogens is 1. The molecule has 1 N–H and O–H groups in total. The Bertz CT molecular complexity index is 462. The number of hydrogen-bond donors (Lipinski definition) is 1. The van der Waals surface area contributed by atoms with E-state index in [-0.39, 0.29) is 35.8 Å². The van der Waals surface area contributed by atoms with Gasteiger partial charge in [-0.25, -0.2) is 9.18 Å². The van der Waals surface area contributed by atoms with Crippen LogP contribution in [0, 0.1) is 11.8 Å². The molecule has 2 fully saturated rings. The zero-order valence-corrected chi connectivity index (χ0v) is 10.9. The van der Waals surface area contributed by atoms with Gasteiger partial charge in [-0.05, 0) is 38.5 Å². The number of alkyl halides is 1. The fourth-order valence-corrected chi connectivity index (χ4v) is 3.99. The Hall–Kier alpha value is -1.39. The number of carboxylic acids is 1. The molecular weight excluding hydrogens is 249 g/mol. The zero-order valence-electron chi connectivity index (χ0n) is 10.9. The van der Waals surface area contributed by atoms with Crippen molar-refractivity contribution in [2.24, 2.45) is 11.8 Å². The Labute approximate surface area is 111 Å². The first-order valence-electron chi connectivity index (χ1n) is 6.90. The van der Waals surface area contributed by atoms with Gasteiger partial charge in [0.25, 0.3) is 0 Å². The first-order valence-corrected chi connectivity index (χ1v) is 6.90. The maximum atomic E-state index is 13.8. The highest BCUT2D eigenvalue weighted by molar-refractivity contribution is 6.18. The first-order chi connectivity index (χ1) is 8.99. The fourth-order valence-electron chi connectivity index (χ4n) is 3.99. The minimum atomic E-state index is -1.20. The van der Waals surface area contributed by atoms with Crippen LogP contribution in [0.3, 0.4) is 0 Å². The summed E-state index contributed by atoms with van der Waals surface area (Å²) in [5, 5.41) is 9.14. The van der Waals surface area contributed by atoms with E-state index in [4.69, 9.17) is 5.11 Å². The maximum Gasteiger partial charge on any atom is 0.340 e. The van der Waals surface area contributed by atoms with Gasteiger partial charge >= 0.3 is 5.97 Å². The Morgan fingerprint density at radius 1 is 1.42 bits per heavy atom. The highest BCUT2D eigenvalue weighted by atomic mass is 19.1. The van der Waals surface area contributed by atoms with Gasteiger partial charge in [-0.15, -0.1) is 0 Å². The quantitative estimate of drug-likeness (QED) is 0.735. The van der Waals surface area contributed by atoms with Gasteiger partial charge in [0.05, 0.1) is 0 Å². The number of aliphatic carboxylic acids is 1. The van der Waals surface area contributed by atoms with Crippen molar-refractivity contribution in [1.82, 2.24) is 4.90 Å². The molecule has 5 heteroatoms. The molecule has 4 nitrogen and oxygen atoms in total. The number of rotatable bonds is 1. The van der Waals surface area contributed by atoms with Crippen LogP contribution in [0.15, 0.2) is 11.8 Å². The summed E-state index contributed by atoms with van der Waals surface area (Å²) in [6.07, 6.45) is 3.07. The third kappa shape index (κ3) is 1.86. The third-order valence-electron chi connectivity index (χ3n) is 4.88. The monoisotopic (exact) mass is 267 g/mol. The lowest BCUT2D eigenvalue weighted by molar-refractivity contribution is -0.139. The molecule has 0 radical (unpaired) electrons. The number of piperidine rings is 1. The zero-order chi connectivity index (χ0) is 13.7. The van der Waals surface area contributed by atoms with Gasteiger partial charge in [-0.1, -0.05) is 0 Å². The second-order valence-corrected chi connectivity index (χ2v) is 6.01. The van der Waals surface area contributed by atoms with Crippen LogP contribution in [-0.4, -0.2) is 40.0 Å². The third-order valence-corrected chi connectivity index (χ3v) is 4.88. The van der Waals surface area contributed by atoms with Crippen LogP contribution < -0.4 is 0 Å². The molecule has 0 bridgehead atoms. The second kappa shape index (κ2) is 4.32. The van der Waals surface area contributed by atoms with Gasteiger partial charge in [-0.2, -0.15) is 0 Å². The standard InChI is InChI=1S/C14H18FNO3/c1-7-2-3-8-4-9(15)5-10-12(8)16(7)6-11(13(10)17)14(18)19/h6-10,12H,2-5H2,1H3,(H,18,19). The number of carbonyl (C=O) groups is 2. The van der Waals surface area contributed by atoms with Gasteiger partial charge in [0.15, 0.2) is 5.78 Å². The van der Waals surface area contributed by atoms with Crippen molar-refractivity contribution in [2.45, 2.75) is 50.9 Å². The summed E-state index contributed by atoms with van der Waals surface area (Å²) >= 11 is 0. The number of Topliss-reactive ketones (excluding diaryl/α,β-unsaturated/α-hetero) is 1. The van der Waals surface area contributed by atoms with Crippen molar-refractivity contribution >= 4 is 11.8 Å². The van der Waals surface area contributed by atoms with Crippen molar-refractivity contribution < 1.29 is 19.1 Å². The molecule has 1 saturated heterocycles. The maximum absolute atomic E-state index is 13.8. The van der Waals surface area contributed by atoms with Gasteiger partial charge in [0.1, 0.15) is 11.7 Å². The largest absolute Gasteiger partial charge is 0.478 e.